The summed E-state index contributed by atoms with van der Waals surface area (Å²) in [5.41, 5.74) is 6.59. The van der Waals surface area contributed by atoms with Crippen LogP contribution < -0.4 is 21.3 Å². The van der Waals surface area contributed by atoms with Gasteiger partial charge in [-0.15, -0.1) is 0 Å². The lowest BCUT2D eigenvalue weighted by atomic mass is 10.1. The van der Waals surface area contributed by atoms with E-state index < -0.39 is 5.91 Å². The highest BCUT2D eigenvalue weighted by molar-refractivity contribution is 7.20. The van der Waals surface area contributed by atoms with Gasteiger partial charge in [-0.1, -0.05) is 42.5 Å². The number of anilines is 4. The van der Waals surface area contributed by atoms with E-state index in [-0.39, 0.29) is 18.9 Å². The fourth-order valence-corrected chi connectivity index (χ4v) is 4.38. The number of carbonyl (C=O) groups is 2. The highest BCUT2D eigenvalue weighted by Gasteiger charge is 2.21. The maximum Gasteiger partial charge on any atom is 0.270 e. The van der Waals surface area contributed by atoms with E-state index in [2.05, 4.69) is 25.5 Å². The van der Waals surface area contributed by atoms with Crippen LogP contribution in [-0.2, 0) is 4.79 Å². The predicted molar refractivity (Wildman–Crippen MR) is 142 cm³/mol. The van der Waals surface area contributed by atoms with Gasteiger partial charge in [-0.25, -0.2) is 9.97 Å². The molecule has 0 bridgehead atoms. The van der Waals surface area contributed by atoms with Gasteiger partial charge in [0.2, 0.25) is 0 Å². The van der Waals surface area contributed by atoms with Crippen molar-refractivity contribution < 1.29 is 9.59 Å². The number of rotatable bonds is 7. The average molecular weight is 503 g/mol. The van der Waals surface area contributed by atoms with Crippen LogP contribution in [0.1, 0.15) is 44.1 Å². The van der Waals surface area contributed by atoms with Gasteiger partial charge < -0.3 is 21.3 Å². The van der Waals surface area contributed by atoms with Crippen LogP contribution in [0.15, 0.2) is 48.7 Å². The molecule has 0 unspecified atom stereocenters. The van der Waals surface area contributed by atoms with Gasteiger partial charge in [-0.05, 0) is 56.5 Å². The van der Waals surface area contributed by atoms with Crippen molar-refractivity contribution in [3.63, 3.8) is 0 Å². The molecule has 3 heterocycles. The molecule has 1 aliphatic heterocycles. The summed E-state index contributed by atoms with van der Waals surface area (Å²) in [5, 5.41) is 8.26. The van der Waals surface area contributed by atoms with Crippen molar-refractivity contribution in [3.8, 4) is 0 Å². The van der Waals surface area contributed by atoms with E-state index in [1.54, 1.807) is 18.3 Å². The molecule has 0 spiro atoms. The molecule has 0 saturated carbocycles. The van der Waals surface area contributed by atoms with Crippen molar-refractivity contribution in [1.82, 2.24) is 9.97 Å². The van der Waals surface area contributed by atoms with Gasteiger partial charge in [0.1, 0.15) is 16.6 Å². The van der Waals surface area contributed by atoms with Crippen molar-refractivity contribution >= 4 is 56.3 Å². The Balaban J connectivity index is 0.000000270. The van der Waals surface area contributed by atoms with Crippen LogP contribution in [0.2, 0.25) is 5.02 Å². The number of halogens is 1. The third-order valence-corrected chi connectivity index (χ3v) is 6.02. The zero-order chi connectivity index (χ0) is 23.6. The Morgan fingerprint density at radius 2 is 1.91 bits per heavy atom. The normalized spacial score (nSPS) is 12.6. The van der Waals surface area contributed by atoms with Gasteiger partial charge in [0.15, 0.2) is 10.8 Å². The summed E-state index contributed by atoms with van der Waals surface area (Å²) in [6.45, 7) is 3.85. The number of piperidine rings is 1. The second-order valence-corrected chi connectivity index (χ2v) is 8.91. The van der Waals surface area contributed by atoms with Crippen LogP contribution in [0.25, 0.3) is 0 Å². The van der Waals surface area contributed by atoms with Crippen molar-refractivity contribution in [2.45, 2.75) is 33.6 Å². The number of hydrogen-bond donors (Lipinski definition) is 3. The molecule has 2 aromatic heterocycles. The van der Waals surface area contributed by atoms with E-state index in [4.69, 9.17) is 17.3 Å². The summed E-state index contributed by atoms with van der Waals surface area (Å²) in [7, 11) is 0. The number of carbonyl (C=O) groups excluding carboxylic acids is 2. The van der Waals surface area contributed by atoms with Crippen LogP contribution in [0, 0.1) is 0 Å². The molecule has 34 heavy (non-hydrogen) atoms. The van der Waals surface area contributed by atoms with Gasteiger partial charge in [0, 0.05) is 30.0 Å². The number of ketones is 1. The Labute approximate surface area is 209 Å². The number of primary amides is 1. The first-order valence-electron chi connectivity index (χ1n) is 10.6. The Morgan fingerprint density at radius 3 is 2.53 bits per heavy atom. The van der Waals surface area contributed by atoms with E-state index >= 15 is 0 Å². The van der Waals surface area contributed by atoms with Crippen molar-refractivity contribution in [2.75, 3.05) is 35.2 Å². The van der Waals surface area contributed by atoms with Crippen LogP contribution in [0.5, 0.6) is 0 Å². The van der Waals surface area contributed by atoms with Crippen molar-refractivity contribution in [3.05, 3.63) is 59.4 Å². The van der Waals surface area contributed by atoms with E-state index in [9.17, 15) is 9.59 Å². The predicted octanol–water partition coefficient (Wildman–Crippen LogP) is 5.35. The van der Waals surface area contributed by atoms with Gasteiger partial charge in [-0.2, -0.15) is 0 Å². The minimum Gasteiger partial charge on any atom is -0.378 e. The summed E-state index contributed by atoms with van der Waals surface area (Å²) < 4.78 is 0. The van der Waals surface area contributed by atoms with Crippen LogP contribution in [0.4, 0.5) is 21.6 Å². The summed E-state index contributed by atoms with van der Waals surface area (Å²) in [6, 6.07) is 12.8. The Hall–Kier alpha value is -3.17. The SMILES string of the molecule is C.CC(=O)CNc1cccc(Cl)c1.NC(=O)c1nc(N2CCCCC2)sc1Nc1ccccn1. The summed E-state index contributed by atoms with van der Waals surface area (Å²) in [5.74, 6) is 0.261. The van der Waals surface area contributed by atoms with Crippen LogP contribution in [0.3, 0.4) is 0 Å². The number of thiazole rings is 1. The highest BCUT2D eigenvalue weighted by Crippen LogP contribution is 2.34. The van der Waals surface area contributed by atoms with E-state index in [0.717, 1.165) is 36.8 Å². The lowest BCUT2D eigenvalue weighted by Gasteiger charge is -2.25. The number of nitrogens with one attached hydrogen (secondary N) is 2. The molecule has 3 aromatic rings. The molecule has 4 N–H and O–H groups in total. The molecule has 4 rings (SSSR count). The largest absolute Gasteiger partial charge is 0.378 e. The fraction of sp³-hybridized carbons (Fsp3) is 0.333. The van der Waals surface area contributed by atoms with Crippen LogP contribution in [-0.4, -0.2) is 41.3 Å². The first kappa shape index (κ1) is 27.1. The molecule has 1 aliphatic rings. The zero-order valence-electron chi connectivity index (χ0n) is 18.4. The third-order valence-electron chi connectivity index (χ3n) is 4.75. The second-order valence-electron chi connectivity index (χ2n) is 7.49. The van der Waals surface area contributed by atoms with Gasteiger partial charge in [0.05, 0.1) is 6.54 Å². The molecule has 1 fully saturated rings. The van der Waals surface area contributed by atoms with Gasteiger partial charge in [0.25, 0.3) is 5.91 Å². The molecule has 0 radical (unpaired) electrons. The average Bonchev–Trinajstić information content (AvgIpc) is 3.24. The van der Waals surface area contributed by atoms with Crippen molar-refractivity contribution in [1.29, 1.82) is 0 Å². The second kappa shape index (κ2) is 13.5. The summed E-state index contributed by atoms with van der Waals surface area (Å²) >= 11 is 7.19. The molecular weight excluding hydrogens is 472 g/mol. The van der Waals surface area contributed by atoms with Crippen LogP contribution >= 0.6 is 22.9 Å². The smallest absolute Gasteiger partial charge is 0.270 e. The highest BCUT2D eigenvalue weighted by atomic mass is 35.5. The third kappa shape index (κ3) is 8.31. The van der Waals surface area contributed by atoms with Gasteiger partial charge >= 0.3 is 0 Å². The maximum atomic E-state index is 11.6. The molecule has 1 saturated heterocycles. The number of nitrogens with zero attached hydrogens (tertiary/aromatic N) is 3. The molecule has 10 heteroatoms. The monoisotopic (exact) mass is 502 g/mol. The number of hydrogen-bond acceptors (Lipinski definition) is 8. The van der Waals surface area contributed by atoms with Gasteiger partial charge in [-0.3, -0.25) is 9.59 Å². The Kier molecular flexibility index (Phi) is 10.8. The Bertz CT molecular complexity index is 1070. The molecule has 0 atom stereocenters. The quantitative estimate of drug-likeness (QED) is 0.399. The first-order chi connectivity index (χ1) is 15.9. The standard InChI is InChI=1S/C14H17N5OS.C9H10ClNO.CH4/c15-12(20)11-13(17-10-6-2-3-7-16-10)21-14(18-11)19-8-4-1-5-9-19;1-7(12)6-11-9-4-2-3-8(10)5-9;/h2-3,6-7H,1,4-5,8-9H2,(H2,15,20)(H,16,17);2-5,11H,6H2,1H3;1H4. The Morgan fingerprint density at radius 1 is 1.15 bits per heavy atom. The number of Topliss-reactive ketones (excluding diaryl/α,β-unsaturated/α-hetero) is 1. The number of pyridine rings is 1. The molecule has 8 nitrogen and oxygen atoms in total. The van der Waals surface area contributed by atoms with E-state index in [1.807, 2.05) is 30.3 Å². The molecule has 0 aliphatic carbocycles. The lowest BCUT2D eigenvalue weighted by Crippen LogP contribution is -2.29. The van der Waals surface area contributed by atoms with E-state index in [0.29, 0.717) is 22.4 Å². The number of benzene rings is 1. The fourth-order valence-electron chi connectivity index (χ4n) is 3.16. The molecule has 1 amide bonds. The van der Waals surface area contributed by atoms with E-state index in [1.165, 1.54) is 24.7 Å². The first-order valence-corrected chi connectivity index (χ1v) is 11.8. The summed E-state index contributed by atoms with van der Waals surface area (Å²) in [6.07, 6.45) is 5.27. The minimum atomic E-state index is -0.520. The molecule has 182 valence electrons. The lowest BCUT2D eigenvalue weighted by molar-refractivity contribution is -0.115. The number of amides is 1. The molecular formula is C24H31ClN6O2S. The molecule has 1 aromatic carbocycles. The summed E-state index contributed by atoms with van der Waals surface area (Å²) in [4.78, 5) is 33.0. The minimum absolute atomic E-state index is 0. The number of aromatic nitrogens is 2. The topological polar surface area (TPSA) is 113 Å². The zero-order valence-corrected chi connectivity index (χ0v) is 20.0. The number of nitrogens with two attached hydrogens (primary N) is 1. The maximum absolute atomic E-state index is 11.6. The van der Waals surface area contributed by atoms with Crippen molar-refractivity contribution in [2.24, 2.45) is 5.73 Å².